The van der Waals surface area contributed by atoms with Gasteiger partial charge < -0.3 is 15.4 Å². The van der Waals surface area contributed by atoms with E-state index in [2.05, 4.69) is 36.2 Å². The molecule has 2 heterocycles. The van der Waals surface area contributed by atoms with Gasteiger partial charge in [-0.05, 0) is 65.5 Å². The van der Waals surface area contributed by atoms with E-state index in [0.29, 0.717) is 34.8 Å². The van der Waals surface area contributed by atoms with Crippen molar-refractivity contribution in [3.05, 3.63) is 87.6 Å². The smallest absolute Gasteiger partial charge is 0.407 e. The van der Waals surface area contributed by atoms with E-state index in [4.69, 9.17) is 23.8 Å². The topological polar surface area (TPSA) is 100 Å². The fourth-order valence-corrected chi connectivity index (χ4v) is 4.22. The fourth-order valence-electron chi connectivity index (χ4n) is 3.81. The van der Waals surface area contributed by atoms with Crippen LogP contribution in [0.25, 0.3) is 0 Å². The second-order valence-electron chi connectivity index (χ2n) is 7.56. The number of benzene rings is 1. The van der Waals surface area contributed by atoms with Gasteiger partial charge in [0.2, 0.25) is 0 Å². The van der Waals surface area contributed by atoms with E-state index in [1.54, 1.807) is 30.7 Å². The van der Waals surface area contributed by atoms with Crippen LogP contribution in [0.2, 0.25) is 5.02 Å². The predicted molar refractivity (Wildman–Crippen MR) is 131 cm³/mol. The summed E-state index contributed by atoms with van der Waals surface area (Å²) in [6, 6.07) is 8.29. The number of aryl methyl sites for hydroxylation is 1. The van der Waals surface area contributed by atoms with Crippen molar-refractivity contribution in [3.8, 4) is 0 Å². The number of carbonyl (C=O) groups is 1. The first-order valence-corrected chi connectivity index (χ1v) is 11.2. The molecule has 1 unspecified atom stereocenters. The Labute approximate surface area is 206 Å². The molecule has 0 saturated heterocycles. The summed E-state index contributed by atoms with van der Waals surface area (Å²) in [7, 11) is 1.29. The van der Waals surface area contributed by atoms with Crippen molar-refractivity contribution in [3.63, 3.8) is 0 Å². The highest BCUT2D eigenvalue weighted by molar-refractivity contribution is 7.80. The van der Waals surface area contributed by atoms with Crippen LogP contribution in [0, 0.1) is 5.82 Å². The predicted octanol–water partition coefficient (Wildman–Crippen LogP) is 3.80. The van der Waals surface area contributed by atoms with Crippen LogP contribution in [0.5, 0.6) is 0 Å². The first-order valence-electron chi connectivity index (χ1n) is 10.4. The Morgan fingerprint density at radius 3 is 2.91 bits per heavy atom. The van der Waals surface area contributed by atoms with Crippen LogP contribution < -0.4 is 21.5 Å². The number of nitrogens with zero attached hydrogens (tertiary/aromatic N) is 2. The second kappa shape index (κ2) is 10.6. The third kappa shape index (κ3) is 5.35. The monoisotopic (exact) mass is 500 g/mol. The van der Waals surface area contributed by atoms with Gasteiger partial charge in [-0.1, -0.05) is 23.7 Å². The average Bonchev–Trinajstić information content (AvgIpc) is 3.00. The summed E-state index contributed by atoms with van der Waals surface area (Å²) in [5, 5.41) is 6.41. The Morgan fingerprint density at radius 2 is 2.12 bits per heavy atom. The second-order valence-corrected chi connectivity index (χ2v) is 8.37. The molecule has 1 aliphatic rings. The van der Waals surface area contributed by atoms with Crippen LogP contribution >= 0.6 is 23.8 Å². The summed E-state index contributed by atoms with van der Waals surface area (Å²) in [4.78, 5) is 19.7. The number of pyridine rings is 2. The molecule has 1 amide bonds. The third-order valence-corrected chi connectivity index (χ3v) is 5.97. The normalized spacial score (nSPS) is 14.1. The molecule has 1 aliphatic carbocycles. The first kappa shape index (κ1) is 23.7. The van der Waals surface area contributed by atoms with Crippen LogP contribution in [0.4, 0.5) is 15.0 Å². The van der Waals surface area contributed by atoms with Crippen molar-refractivity contribution >= 4 is 40.8 Å². The number of thiocarbonyl (C=S) groups is 1. The molecule has 0 fully saturated rings. The lowest BCUT2D eigenvalue weighted by Gasteiger charge is -2.23. The summed E-state index contributed by atoms with van der Waals surface area (Å²) < 4.78 is 19.1. The van der Waals surface area contributed by atoms with Gasteiger partial charge in [0, 0.05) is 30.7 Å². The minimum Gasteiger partial charge on any atom is -0.453 e. The quantitative estimate of drug-likeness (QED) is 0.310. The molecule has 4 rings (SSSR count). The van der Waals surface area contributed by atoms with Gasteiger partial charge in [-0.3, -0.25) is 15.8 Å². The molecule has 0 radical (unpaired) electrons. The first-order chi connectivity index (χ1) is 16.5. The molecule has 0 saturated carbocycles. The molecule has 11 heteroatoms. The molecule has 34 heavy (non-hydrogen) atoms. The van der Waals surface area contributed by atoms with E-state index >= 15 is 0 Å². The lowest BCUT2D eigenvalue weighted by atomic mass is 9.96. The highest BCUT2D eigenvalue weighted by Gasteiger charge is 2.26. The number of aromatic nitrogens is 2. The lowest BCUT2D eigenvalue weighted by Crippen LogP contribution is -2.41. The number of rotatable bonds is 5. The summed E-state index contributed by atoms with van der Waals surface area (Å²) in [6.07, 6.45) is 5.83. The number of fused-ring (bicyclic) bond motifs is 2. The number of hydrazine groups is 1. The van der Waals surface area contributed by atoms with Gasteiger partial charge in [-0.25, -0.2) is 14.2 Å². The van der Waals surface area contributed by atoms with Crippen molar-refractivity contribution in [2.75, 3.05) is 12.5 Å². The van der Waals surface area contributed by atoms with Crippen LogP contribution in [0.3, 0.4) is 0 Å². The van der Waals surface area contributed by atoms with Gasteiger partial charge in [0.1, 0.15) is 5.82 Å². The standard InChI is InChI=1S/C23H22ClFN6O2S/c1-33-23(32)28-11-13-9-18(24)21(27-10-13)30-31-22(34)29-20-16-3-2-4-19(25)15(16)6-5-14-7-8-26-12-17(14)20/h2-4,7-10,12,20H,5-6,11H2,1H3,(H,27,30)(H,28,32)(H2,29,31,34). The van der Waals surface area contributed by atoms with Crippen LogP contribution in [0.1, 0.15) is 33.9 Å². The van der Waals surface area contributed by atoms with Gasteiger partial charge in [-0.15, -0.1) is 0 Å². The molecule has 4 N–H and O–H groups in total. The van der Waals surface area contributed by atoms with E-state index in [1.165, 1.54) is 13.2 Å². The minimum absolute atomic E-state index is 0.220. The van der Waals surface area contributed by atoms with Crippen molar-refractivity contribution in [1.82, 2.24) is 26.0 Å². The Kier molecular flexibility index (Phi) is 7.39. The number of halogens is 2. The number of amides is 1. The number of ether oxygens (including phenoxy) is 1. The Balaban J connectivity index is 1.46. The van der Waals surface area contributed by atoms with Crippen molar-refractivity contribution in [2.45, 2.75) is 25.4 Å². The van der Waals surface area contributed by atoms with Gasteiger partial charge in [0.05, 0.1) is 18.2 Å². The van der Waals surface area contributed by atoms with Gasteiger partial charge in [-0.2, -0.15) is 0 Å². The number of anilines is 1. The van der Waals surface area contributed by atoms with Gasteiger partial charge >= 0.3 is 6.09 Å². The summed E-state index contributed by atoms with van der Waals surface area (Å²) in [6.45, 7) is 0.220. The molecule has 0 spiro atoms. The highest BCUT2D eigenvalue weighted by Crippen LogP contribution is 2.33. The molecule has 1 aromatic carbocycles. The molecule has 8 nitrogen and oxygen atoms in total. The zero-order valence-corrected chi connectivity index (χ0v) is 19.8. The number of hydrogen-bond acceptors (Lipinski definition) is 6. The van der Waals surface area contributed by atoms with E-state index in [0.717, 1.165) is 16.7 Å². The molecule has 176 valence electrons. The molecular formula is C23H22ClFN6O2S. The highest BCUT2D eigenvalue weighted by atomic mass is 35.5. The number of methoxy groups -OCH3 is 1. The number of hydrogen-bond donors (Lipinski definition) is 4. The molecule has 2 aromatic heterocycles. The van der Waals surface area contributed by atoms with Crippen molar-refractivity contribution < 1.29 is 13.9 Å². The van der Waals surface area contributed by atoms with E-state index in [9.17, 15) is 9.18 Å². The average molecular weight is 501 g/mol. The van der Waals surface area contributed by atoms with E-state index in [1.807, 2.05) is 12.1 Å². The lowest BCUT2D eigenvalue weighted by molar-refractivity contribution is 0.170. The molecular weight excluding hydrogens is 479 g/mol. The molecule has 0 aliphatic heterocycles. The Hall–Kier alpha value is -3.50. The maximum Gasteiger partial charge on any atom is 0.407 e. The Bertz CT molecular complexity index is 1230. The Morgan fingerprint density at radius 1 is 1.26 bits per heavy atom. The molecule has 1 atom stereocenters. The fraction of sp³-hybridized carbons (Fsp3) is 0.217. The maximum atomic E-state index is 14.6. The summed E-state index contributed by atoms with van der Waals surface area (Å²) >= 11 is 11.8. The van der Waals surface area contributed by atoms with Crippen LogP contribution in [0.15, 0.2) is 48.9 Å². The summed E-state index contributed by atoms with van der Waals surface area (Å²) in [5.41, 5.74) is 9.96. The largest absolute Gasteiger partial charge is 0.453 e. The zero-order chi connectivity index (χ0) is 24.1. The van der Waals surface area contributed by atoms with Crippen LogP contribution in [-0.2, 0) is 24.1 Å². The van der Waals surface area contributed by atoms with Crippen LogP contribution in [-0.4, -0.2) is 28.3 Å². The van der Waals surface area contributed by atoms with Crippen molar-refractivity contribution in [2.24, 2.45) is 0 Å². The van der Waals surface area contributed by atoms with Gasteiger partial charge in [0.15, 0.2) is 10.9 Å². The van der Waals surface area contributed by atoms with Gasteiger partial charge in [0.25, 0.3) is 0 Å². The SMILES string of the molecule is COC(=O)NCc1cnc(NNC(=S)NC2c3cnccc3CCc3c(F)cccc32)c(Cl)c1. The summed E-state index contributed by atoms with van der Waals surface area (Å²) in [5.74, 6) is 0.113. The zero-order valence-electron chi connectivity index (χ0n) is 18.2. The molecule has 3 aromatic rings. The number of alkyl carbamates (subject to hydrolysis) is 1. The third-order valence-electron chi connectivity index (χ3n) is 5.46. The van der Waals surface area contributed by atoms with Crippen molar-refractivity contribution in [1.29, 1.82) is 0 Å². The maximum absolute atomic E-state index is 14.6. The number of nitrogens with one attached hydrogen (secondary N) is 4. The van der Waals surface area contributed by atoms with E-state index in [-0.39, 0.29) is 23.5 Å². The number of carbonyl (C=O) groups excluding carboxylic acids is 1. The minimum atomic E-state index is -0.548. The molecule has 0 bridgehead atoms. The van der Waals surface area contributed by atoms with E-state index < -0.39 is 6.09 Å².